The molecule has 2 N–H and O–H groups in total. The van der Waals surface area contributed by atoms with Crippen LogP contribution < -0.4 is 0 Å². The van der Waals surface area contributed by atoms with E-state index in [0.717, 1.165) is 18.6 Å². The molecular weight excluding hydrogens is 428 g/mol. The van der Waals surface area contributed by atoms with E-state index in [1.165, 1.54) is 54.3 Å². The van der Waals surface area contributed by atoms with Crippen LogP contribution in [0.3, 0.4) is 0 Å². The molecule has 0 radical (unpaired) electrons. The minimum absolute atomic E-state index is 0.153. The minimum atomic E-state index is -1.77. The summed E-state index contributed by atoms with van der Waals surface area (Å²) in [6.07, 6.45) is 8.58. The van der Waals surface area contributed by atoms with E-state index in [2.05, 4.69) is 11.9 Å². The molecule has 0 spiro atoms. The summed E-state index contributed by atoms with van der Waals surface area (Å²) in [4.78, 5) is 26.9. The Kier molecular flexibility index (Phi) is 9.68. The van der Waals surface area contributed by atoms with Gasteiger partial charge in [-0.1, -0.05) is 62.4 Å². The molecule has 30 heavy (non-hydrogen) atoms. The van der Waals surface area contributed by atoms with Crippen molar-refractivity contribution in [3.8, 4) is 0 Å². The largest absolute Gasteiger partial charge is 0.473 e. The molecule has 0 fully saturated rings. The highest BCUT2D eigenvalue weighted by atomic mass is 35.5. The van der Waals surface area contributed by atoms with Crippen LogP contribution in [-0.4, -0.2) is 43.2 Å². The van der Waals surface area contributed by atoms with Gasteiger partial charge in [0.25, 0.3) is 0 Å². The highest BCUT2D eigenvalue weighted by Gasteiger charge is 2.44. The number of rotatable bonds is 12. The van der Waals surface area contributed by atoms with Gasteiger partial charge in [-0.2, -0.15) is 11.8 Å². The molecule has 7 nitrogen and oxygen atoms in total. The summed E-state index contributed by atoms with van der Waals surface area (Å²) in [6.45, 7) is 2.16. The number of nitrogens with zero attached hydrogens (tertiary/aromatic N) is 2. The maximum Gasteiger partial charge on any atom is 0.419 e. The maximum atomic E-state index is 11.9. The number of halogens is 1. The van der Waals surface area contributed by atoms with Gasteiger partial charge in [-0.05, 0) is 18.2 Å². The average molecular weight is 455 g/mol. The lowest BCUT2D eigenvalue weighted by molar-refractivity contribution is -0.186. The number of hydrogen-bond acceptors (Lipinski definition) is 6. The number of carboxylic acid groups (broad SMARTS) is 1. The molecule has 0 saturated carbocycles. The fourth-order valence-corrected chi connectivity index (χ4v) is 4.56. The Balaban J connectivity index is 2.29. The van der Waals surface area contributed by atoms with Crippen molar-refractivity contribution in [2.24, 2.45) is 0 Å². The molecule has 0 aliphatic carbocycles. The highest BCUT2D eigenvalue weighted by Crippen LogP contribution is 2.40. The molecule has 0 saturated heterocycles. The number of aromatic nitrogens is 2. The number of carbonyl (C=O) groups is 2. The molecule has 0 aliphatic heterocycles. The zero-order valence-electron chi connectivity index (χ0n) is 16.9. The summed E-state index contributed by atoms with van der Waals surface area (Å²) >= 11 is 7.86. The van der Waals surface area contributed by atoms with Gasteiger partial charge in [0.1, 0.15) is 0 Å². The number of ether oxygens (including phenoxy) is 1. The van der Waals surface area contributed by atoms with E-state index in [4.69, 9.17) is 21.4 Å². The Hall–Kier alpha value is -2.03. The first-order chi connectivity index (χ1) is 14.4. The van der Waals surface area contributed by atoms with E-state index in [-0.39, 0.29) is 5.75 Å². The van der Waals surface area contributed by atoms with E-state index in [9.17, 15) is 14.7 Å². The molecule has 2 atom stereocenters. The van der Waals surface area contributed by atoms with Gasteiger partial charge in [0, 0.05) is 28.7 Å². The molecule has 2 rings (SSSR count). The molecular formula is C21H27ClN2O5S. The van der Waals surface area contributed by atoms with E-state index in [1.54, 1.807) is 24.3 Å². The van der Waals surface area contributed by atoms with Crippen molar-refractivity contribution >= 4 is 35.3 Å². The predicted octanol–water partition coefficient (Wildman–Crippen LogP) is 4.25. The van der Waals surface area contributed by atoms with Gasteiger partial charge in [0.15, 0.2) is 5.60 Å². The molecule has 2 aromatic rings. The summed E-state index contributed by atoms with van der Waals surface area (Å²) in [6, 6.07) is 6.71. The van der Waals surface area contributed by atoms with Crippen LogP contribution in [0.2, 0.25) is 5.02 Å². The minimum Gasteiger partial charge on any atom is -0.473 e. The van der Waals surface area contributed by atoms with Gasteiger partial charge in [-0.3, -0.25) is 4.57 Å². The number of imidazole rings is 1. The third kappa shape index (κ3) is 6.48. The van der Waals surface area contributed by atoms with Crippen molar-refractivity contribution in [2.45, 2.75) is 50.9 Å². The highest BCUT2D eigenvalue weighted by molar-refractivity contribution is 7.99. The van der Waals surface area contributed by atoms with Crippen LogP contribution in [0.4, 0.5) is 0 Å². The second kappa shape index (κ2) is 12.0. The number of aliphatic hydroxyl groups is 1. The molecule has 0 aliphatic rings. The Labute approximate surface area is 185 Å². The number of carbonyl (C=O) groups excluding carboxylic acids is 1. The number of thioether (sulfide) groups is 1. The summed E-state index contributed by atoms with van der Waals surface area (Å²) in [5.74, 6) is -2.26. The topological polar surface area (TPSA) is 102 Å². The second-order valence-corrected chi connectivity index (χ2v) is 8.46. The van der Waals surface area contributed by atoms with Crippen LogP contribution in [0.25, 0.3) is 0 Å². The lowest BCUT2D eigenvalue weighted by Gasteiger charge is -2.36. The first-order valence-corrected chi connectivity index (χ1v) is 11.4. The van der Waals surface area contributed by atoms with E-state index in [0.29, 0.717) is 10.6 Å². The van der Waals surface area contributed by atoms with E-state index in [1.807, 2.05) is 0 Å². The quantitative estimate of drug-likeness (QED) is 0.280. The van der Waals surface area contributed by atoms with Gasteiger partial charge >= 0.3 is 11.9 Å². The molecule has 1 heterocycles. The van der Waals surface area contributed by atoms with Crippen LogP contribution in [-0.2, 0) is 19.9 Å². The lowest BCUT2D eigenvalue weighted by Crippen LogP contribution is -2.43. The van der Waals surface area contributed by atoms with Crippen molar-refractivity contribution in [1.29, 1.82) is 0 Å². The summed E-state index contributed by atoms with van der Waals surface area (Å²) in [7, 11) is 0. The third-order valence-corrected chi connectivity index (χ3v) is 6.20. The zero-order valence-corrected chi connectivity index (χ0v) is 18.4. The molecule has 1 aromatic carbocycles. The maximum absolute atomic E-state index is 11.9. The normalized spacial score (nSPS) is 14.1. The zero-order chi connectivity index (χ0) is 22.0. The van der Waals surface area contributed by atoms with Crippen LogP contribution >= 0.6 is 23.4 Å². The monoisotopic (exact) mass is 454 g/mol. The molecule has 9 heteroatoms. The van der Waals surface area contributed by atoms with Crippen molar-refractivity contribution in [3.05, 3.63) is 53.6 Å². The standard InChI is InChI=1S/C21H27ClN2O5S/c1-2-3-4-5-8-13-30-14-21(28,16-9-6-7-10-17(16)22)20(24-12-11-23-15-24)29-19(27)18(25)26/h6-7,9-12,15,20,28H,2-5,8,13-14H2,1H3,(H,25,26). The molecule has 164 valence electrons. The smallest absolute Gasteiger partial charge is 0.419 e. The van der Waals surface area contributed by atoms with Crippen molar-refractivity contribution in [1.82, 2.24) is 9.55 Å². The fraction of sp³-hybridized carbons (Fsp3) is 0.476. The number of esters is 1. The first-order valence-electron chi connectivity index (χ1n) is 9.86. The van der Waals surface area contributed by atoms with Crippen LogP contribution in [0.1, 0.15) is 50.8 Å². The van der Waals surface area contributed by atoms with E-state index >= 15 is 0 Å². The fourth-order valence-electron chi connectivity index (χ4n) is 3.09. The number of unbranched alkanes of at least 4 members (excludes halogenated alkanes) is 4. The van der Waals surface area contributed by atoms with Crippen molar-refractivity contribution in [2.75, 3.05) is 11.5 Å². The SMILES string of the molecule is CCCCCCCSCC(O)(c1ccccc1Cl)C(OC(=O)C(=O)O)n1ccnc1. The van der Waals surface area contributed by atoms with Crippen LogP contribution in [0.5, 0.6) is 0 Å². The van der Waals surface area contributed by atoms with E-state index < -0.39 is 23.8 Å². The number of carboxylic acids is 1. The predicted molar refractivity (Wildman–Crippen MR) is 116 cm³/mol. The summed E-state index contributed by atoms with van der Waals surface area (Å²) < 4.78 is 6.57. The number of hydrogen-bond donors (Lipinski definition) is 2. The molecule has 0 amide bonds. The van der Waals surface area contributed by atoms with Crippen LogP contribution in [0, 0.1) is 0 Å². The number of benzene rings is 1. The van der Waals surface area contributed by atoms with Gasteiger partial charge in [-0.25, -0.2) is 14.6 Å². The van der Waals surface area contributed by atoms with Crippen molar-refractivity contribution in [3.63, 3.8) is 0 Å². The third-order valence-electron chi connectivity index (χ3n) is 4.65. The molecule has 2 unspecified atom stereocenters. The Morgan fingerprint density at radius 3 is 2.63 bits per heavy atom. The number of aliphatic carboxylic acids is 1. The van der Waals surface area contributed by atoms with Gasteiger partial charge in [0.2, 0.25) is 6.23 Å². The lowest BCUT2D eigenvalue weighted by atomic mass is 9.93. The second-order valence-electron chi connectivity index (χ2n) is 6.94. The van der Waals surface area contributed by atoms with Gasteiger partial charge in [-0.15, -0.1) is 0 Å². The summed E-state index contributed by atoms with van der Waals surface area (Å²) in [5.41, 5.74) is -1.42. The van der Waals surface area contributed by atoms with Gasteiger partial charge in [0.05, 0.1) is 6.33 Å². The molecule has 0 bridgehead atoms. The van der Waals surface area contributed by atoms with Crippen molar-refractivity contribution < 1.29 is 24.5 Å². The Bertz CT molecular complexity index is 817. The average Bonchev–Trinajstić information content (AvgIpc) is 3.25. The Morgan fingerprint density at radius 2 is 2.00 bits per heavy atom. The molecule has 1 aromatic heterocycles. The first kappa shape index (κ1) is 24.2. The Morgan fingerprint density at radius 1 is 1.27 bits per heavy atom. The van der Waals surface area contributed by atoms with Crippen LogP contribution in [0.15, 0.2) is 43.0 Å². The summed E-state index contributed by atoms with van der Waals surface area (Å²) in [5, 5.41) is 21.1. The van der Waals surface area contributed by atoms with Gasteiger partial charge < -0.3 is 14.9 Å².